The average Bonchev–Trinajstić information content (AvgIpc) is 3.09. The minimum absolute atomic E-state index is 0.136. The largest absolute Gasteiger partial charge is 0.481 e. The van der Waals surface area contributed by atoms with E-state index in [0.29, 0.717) is 25.7 Å². The number of carboxylic acid groups (broad SMARTS) is 1. The summed E-state index contributed by atoms with van der Waals surface area (Å²) in [6.07, 6.45) is 4.86. The SMILES string of the molecule is CCCCN1CCC(CC2CC(c3ccccc3C)=NO2)(C(=O)O)CC1. The maximum absolute atomic E-state index is 12.1. The summed E-state index contributed by atoms with van der Waals surface area (Å²) in [5, 5.41) is 14.2. The molecule has 1 aromatic rings. The highest BCUT2D eigenvalue weighted by Gasteiger charge is 2.44. The molecule has 2 aliphatic rings. The lowest BCUT2D eigenvalue weighted by Gasteiger charge is -2.39. The van der Waals surface area contributed by atoms with Gasteiger partial charge in [-0.25, -0.2) is 0 Å². The number of piperidine rings is 1. The molecule has 5 heteroatoms. The first kappa shape index (κ1) is 18.9. The number of likely N-dealkylation sites (tertiary alicyclic amines) is 1. The van der Waals surface area contributed by atoms with Crippen molar-refractivity contribution >= 4 is 11.7 Å². The monoisotopic (exact) mass is 358 g/mol. The van der Waals surface area contributed by atoms with Gasteiger partial charge in [0.25, 0.3) is 0 Å². The Hall–Kier alpha value is -1.88. The first-order chi connectivity index (χ1) is 12.5. The van der Waals surface area contributed by atoms with Crippen LogP contribution in [-0.2, 0) is 9.63 Å². The lowest BCUT2D eigenvalue weighted by molar-refractivity contribution is -0.155. The summed E-state index contributed by atoms with van der Waals surface area (Å²) in [5.74, 6) is -0.680. The highest BCUT2D eigenvalue weighted by Crippen LogP contribution is 2.39. The van der Waals surface area contributed by atoms with Crippen molar-refractivity contribution < 1.29 is 14.7 Å². The van der Waals surface area contributed by atoms with Gasteiger partial charge in [0.15, 0.2) is 0 Å². The predicted molar refractivity (Wildman–Crippen MR) is 102 cm³/mol. The Morgan fingerprint density at radius 1 is 1.35 bits per heavy atom. The molecule has 1 fully saturated rings. The highest BCUT2D eigenvalue weighted by atomic mass is 16.6. The molecule has 1 aromatic carbocycles. The molecule has 5 nitrogen and oxygen atoms in total. The smallest absolute Gasteiger partial charge is 0.309 e. The number of nitrogens with zero attached hydrogens (tertiary/aromatic N) is 2. The molecule has 0 amide bonds. The molecule has 26 heavy (non-hydrogen) atoms. The normalized spacial score (nSPS) is 22.7. The maximum Gasteiger partial charge on any atom is 0.309 e. The Balaban J connectivity index is 1.61. The van der Waals surface area contributed by atoms with Crippen LogP contribution >= 0.6 is 0 Å². The zero-order chi connectivity index (χ0) is 18.6. The van der Waals surface area contributed by atoms with Crippen LogP contribution in [0.5, 0.6) is 0 Å². The van der Waals surface area contributed by atoms with E-state index < -0.39 is 11.4 Å². The predicted octanol–water partition coefficient (Wildman–Crippen LogP) is 3.85. The molecule has 0 bridgehead atoms. The summed E-state index contributed by atoms with van der Waals surface area (Å²) >= 11 is 0. The number of carboxylic acids is 1. The van der Waals surface area contributed by atoms with Crippen LogP contribution in [0.2, 0.25) is 0 Å². The molecule has 0 spiro atoms. The Kier molecular flexibility index (Phi) is 5.97. The third-order valence-corrected chi connectivity index (χ3v) is 5.90. The molecule has 2 aliphatic heterocycles. The Labute approximate surface area is 156 Å². The molecule has 1 unspecified atom stereocenters. The zero-order valence-corrected chi connectivity index (χ0v) is 15.9. The minimum atomic E-state index is -0.680. The molecular weight excluding hydrogens is 328 g/mol. The van der Waals surface area contributed by atoms with Gasteiger partial charge in [-0.1, -0.05) is 42.8 Å². The van der Waals surface area contributed by atoms with Crippen molar-refractivity contribution in [3.8, 4) is 0 Å². The number of aliphatic carboxylic acids is 1. The van der Waals surface area contributed by atoms with E-state index in [-0.39, 0.29) is 6.10 Å². The first-order valence-electron chi connectivity index (χ1n) is 9.78. The molecule has 0 aromatic heterocycles. The summed E-state index contributed by atoms with van der Waals surface area (Å²) in [5.41, 5.74) is 2.54. The Bertz CT molecular complexity index is 663. The van der Waals surface area contributed by atoms with E-state index in [1.165, 1.54) is 18.4 Å². The van der Waals surface area contributed by atoms with Crippen molar-refractivity contribution in [2.45, 2.75) is 58.5 Å². The van der Waals surface area contributed by atoms with Crippen molar-refractivity contribution in [1.29, 1.82) is 0 Å². The third-order valence-electron chi connectivity index (χ3n) is 5.90. The number of oxime groups is 1. The standard InChI is InChI=1S/C21H30N2O3/c1-3-4-11-23-12-9-21(10-13-23,20(24)25)15-17-14-19(22-26-17)18-8-6-5-7-16(18)2/h5-8,17H,3-4,9-15H2,1-2H3,(H,24,25). The second-order valence-electron chi connectivity index (χ2n) is 7.77. The van der Waals surface area contributed by atoms with Gasteiger partial charge < -0.3 is 14.8 Å². The molecule has 1 N–H and O–H groups in total. The van der Waals surface area contributed by atoms with Gasteiger partial charge in [0.2, 0.25) is 0 Å². The van der Waals surface area contributed by atoms with E-state index in [0.717, 1.165) is 30.9 Å². The third kappa shape index (κ3) is 4.09. The molecule has 1 saturated heterocycles. The van der Waals surface area contributed by atoms with Crippen molar-refractivity contribution in [2.24, 2.45) is 10.6 Å². The molecule has 0 aliphatic carbocycles. The van der Waals surface area contributed by atoms with Crippen LogP contribution in [0, 0.1) is 12.3 Å². The van der Waals surface area contributed by atoms with Gasteiger partial charge in [-0.15, -0.1) is 0 Å². The molecular formula is C21H30N2O3. The summed E-state index contributed by atoms with van der Waals surface area (Å²) < 4.78 is 0. The Morgan fingerprint density at radius 2 is 2.08 bits per heavy atom. The quantitative estimate of drug-likeness (QED) is 0.804. The van der Waals surface area contributed by atoms with Gasteiger partial charge in [-0.05, 0) is 51.4 Å². The average molecular weight is 358 g/mol. The fourth-order valence-corrected chi connectivity index (χ4v) is 4.12. The number of unbranched alkanes of at least 4 members (excludes halogenated alkanes) is 1. The van der Waals surface area contributed by atoms with Crippen LogP contribution in [0.1, 0.15) is 56.6 Å². The number of hydrogen-bond acceptors (Lipinski definition) is 4. The fourth-order valence-electron chi connectivity index (χ4n) is 4.12. The van der Waals surface area contributed by atoms with Gasteiger partial charge in [-0.2, -0.15) is 0 Å². The maximum atomic E-state index is 12.1. The van der Waals surface area contributed by atoms with E-state index in [2.05, 4.69) is 36.0 Å². The zero-order valence-electron chi connectivity index (χ0n) is 15.9. The van der Waals surface area contributed by atoms with Crippen molar-refractivity contribution in [3.63, 3.8) is 0 Å². The topological polar surface area (TPSA) is 62.1 Å². The van der Waals surface area contributed by atoms with Gasteiger partial charge in [0.1, 0.15) is 6.10 Å². The summed E-state index contributed by atoms with van der Waals surface area (Å²) in [4.78, 5) is 20.1. The lowest BCUT2D eigenvalue weighted by Crippen LogP contribution is -2.46. The fraction of sp³-hybridized carbons (Fsp3) is 0.619. The van der Waals surface area contributed by atoms with Gasteiger partial charge >= 0.3 is 5.97 Å². The second kappa shape index (κ2) is 8.21. The van der Waals surface area contributed by atoms with E-state index in [1.807, 2.05) is 12.1 Å². The van der Waals surface area contributed by atoms with E-state index in [1.54, 1.807) is 0 Å². The van der Waals surface area contributed by atoms with Gasteiger partial charge in [-0.3, -0.25) is 4.79 Å². The molecule has 3 rings (SSSR count). The first-order valence-corrected chi connectivity index (χ1v) is 9.78. The number of carbonyl (C=O) groups is 1. The van der Waals surface area contributed by atoms with Gasteiger partial charge in [0, 0.05) is 18.4 Å². The highest BCUT2D eigenvalue weighted by molar-refractivity contribution is 6.02. The van der Waals surface area contributed by atoms with Crippen LogP contribution in [0.15, 0.2) is 29.4 Å². The number of benzene rings is 1. The molecule has 1 atom stereocenters. The second-order valence-corrected chi connectivity index (χ2v) is 7.77. The van der Waals surface area contributed by atoms with E-state index in [9.17, 15) is 9.90 Å². The number of rotatable bonds is 7. The number of hydrogen-bond donors (Lipinski definition) is 1. The molecule has 0 saturated carbocycles. The number of aryl methyl sites for hydroxylation is 1. The van der Waals surface area contributed by atoms with E-state index in [4.69, 9.17) is 4.84 Å². The lowest BCUT2D eigenvalue weighted by atomic mass is 9.73. The minimum Gasteiger partial charge on any atom is -0.481 e. The molecule has 0 radical (unpaired) electrons. The van der Waals surface area contributed by atoms with Crippen LogP contribution in [0.4, 0.5) is 0 Å². The van der Waals surface area contributed by atoms with Crippen LogP contribution in [0.3, 0.4) is 0 Å². The molecule has 2 heterocycles. The van der Waals surface area contributed by atoms with E-state index >= 15 is 0 Å². The van der Waals surface area contributed by atoms with Crippen LogP contribution in [-0.4, -0.2) is 47.4 Å². The van der Waals surface area contributed by atoms with Crippen molar-refractivity contribution in [2.75, 3.05) is 19.6 Å². The summed E-state index contributed by atoms with van der Waals surface area (Å²) in [6, 6.07) is 8.14. The summed E-state index contributed by atoms with van der Waals surface area (Å²) in [7, 11) is 0. The van der Waals surface area contributed by atoms with Crippen molar-refractivity contribution in [1.82, 2.24) is 4.90 Å². The molecule has 142 valence electrons. The van der Waals surface area contributed by atoms with Crippen LogP contribution < -0.4 is 0 Å². The summed E-state index contributed by atoms with van der Waals surface area (Å²) in [6.45, 7) is 7.06. The van der Waals surface area contributed by atoms with Crippen LogP contribution in [0.25, 0.3) is 0 Å². The van der Waals surface area contributed by atoms with Crippen molar-refractivity contribution in [3.05, 3.63) is 35.4 Å². The van der Waals surface area contributed by atoms with Gasteiger partial charge in [0.05, 0.1) is 11.1 Å². The Morgan fingerprint density at radius 3 is 2.73 bits per heavy atom.